The van der Waals surface area contributed by atoms with E-state index in [4.69, 9.17) is 5.11 Å². The zero-order chi connectivity index (χ0) is 9.14. The van der Waals surface area contributed by atoms with Gasteiger partial charge in [0.2, 0.25) is 0 Å². The highest BCUT2D eigenvalue weighted by Crippen LogP contribution is 2.25. The van der Waals surface area contributed by atoms with Gasteiger partial charge in [0, 0.05) is 6.54 Å². The van der Waals surface area contributed by atoms with Gasteiger partial charge in [-0.3, -0.25) is 9.69 Å². The molecule has 1 fully saturated rings. The van der Waals surface area contributed by atoms with Crippen molar-refractivity contribution in [1.82, 2.24) is 4.90 Å². The Kier molecular flexibility index (Phi) is 3.09. The van der Waals surface area contributed by atoms with Crippen LogP contribution in [0.4, 0.5) is 0 Å². The number of hydrogen-bond donors (Lipinski definition) is 1. The van der Waals surface area contributed by atoms with Crippen LogP contribution < -0.4 is 0 Å². The molecular formula is C9H17NO2. The lowest BCUT2D eigenvalue weighted by Crippen LogP contribution is -2.32. The molecule has 0 unspecified atom stereocenters. The van der Waals surface area contributed by atoms with Crippen molar-refractivity contribution in [2.24, 2.45) is 5.92 Å². The molecule has 0 aliphatic carbocycles. The van der Waals surface area contributed by atoms with Crippen molar-refractivity contribution in [2.75, 3.05) is 13.6 Å². The molecule has 1 N–H and O–H groups in total. The molecule has 0 aromatic heterocycles. The van der Waals surface area contributed by atoms with Crippen LogP contribution in [-0.4, -0.2) is 35.6 Å². The fraction of sp³-hybridized carbons (Fsp3) is 0.889. The number of carbonyl (C=O) groups is 1. The van der Waals surface area contributed by atoms with Crippen molar-refractivity contribution in [2.45, 2.75) is 32.2 Å². The van der Waals surface area contributed by atoms with Crippen LogP contribution in [0.1, 0.15) is 26.2 Å². The molecule has 1 saturated heterocycles. The van der Waals surface area contributed by atoms with Crippen molar-refractivity contribution in [3.63, 3.8) is 0 Å². The van der Waals surface area contributed by atoms with Gasteiger partial charge < -0.3 is 5.11 Å². The van der Waals surface area contributed by atoms with Gasteiger partial charge in [0.1, 0.15) is 6.04 Å². The average Bonchev–Trinajstić information content (AvgIpc) is 2.32. The minimum Gasteiger partial charge on any atom is -0.480 e. The third-order valence-electron chi connectivity index (χ3n) is 2.62. The third kappa shape index (κ3) is 1.97. The van der Waals surface area contributed by atoms with E-state index in [9.17, 15) is 4.79 Å². The maximum absolute atomic E-state index is 10.7. The molecule has 1 aliphatic rings. The van der Waals surface area contributed by atoms with E-state index in [1.807, 2.05) is 11.9 Å². The summed E-state index contributed by atoms with van der Waals surface area (Å²) in [6.07, 6.45) is 3.15. The Bertz CT molecular complexity index is 170. The smallest absolute Gasteiger partial charge is 0.320 e. The Balaban J connectivity index is 2.44. The Hall–Kier alpha value is -0.570. The summed E-state index contributed by atoms with van der Waals surface area (Å²) in [4.78, 5) is 12.7. The second-order valence-electron chi connectivity index (χ2n) is 3.68. The molecule has 0 radical (unpaired) electrons. The molecule has 2 atom stereocenters. The number of nitrogens with zero attached hydrogens (tertiary/aromatic N) is 1. The fourth-order valence-electron chi connectivity index (χ4n) is 2.01. The number of hydrogen-bond acceptors (Lipinski definition) is 2. The second kappa shape index (κ2) is 3.90. The molecule has 12 heavy (non-hydrogen) atoms. The molecular weight excluding hydrogens is 154 g/mol. The van der Waals surface area contributed by atoms with Gasteiger partial charge >= 0.3 is 5.97 Å². The minimum absolute atomic E-state index is 0.235. The molecule has 0 aromatic carbocycles. The van der Waals surface area contributed by atoms with E-state index in [-0.39, 0.29) is 6.04 Å². The largest absolute Gasteiger partial charge is 0.480 e. The van der Waals surface area contributed by atoms with Crippen LogP contribution in [0.5, 0.6) is 0 Å². The normalized spacial score (nSPS) is 30.8. The fourth-order valence-corrected chi connectivity index (χ4v) is 2.01. The van der Waals surface area contributed by atoms with Crippen molar-refractivity contribution in [3.8, 4) is 0 Å². The highest BCUT2D eigenvalue weighted by atomic mass is 16.4. The standard InChI is InChI=1S/C9H17NO2/c1-3-4-7-5-8(9(11)12)10(2)6-7/h7-8H,3-6H2,1-2H3,(H,11,12)/t7-,8+/m0/s1. The number of carboxylic acid groups (broad SMARTS) is 1. The van der Waals surface area contributed by atoms with Crippen molar-refractivity contribution < 1.29 is 9.90 Å². The van der Waals surface area contributed by atoms with E-state index < -0.39 is 5.97 Å². The number of likely N-dealkylation sites (tertiary alicyclic amines) is 1. The molecule has 0 bridgehead atoms. The van der Waals surface area contributed by atoms with Crippen LogP contribution in [0.2, 0.25) is 0 Å². The van der Waals surface area contributed by atoms with Crippen LogP contribution in [0.25, 0.3) is 0 Å². The van der Waals surface area contributed by atoms with E-state index in [1.165, 1.54) is 0 Å². The highest BCUT2D eigenvalue weighted by molar-refractivity contribution is 5.73. The lowest BCUT2D eigenvalue weighted by atomic mass is 10.0. The topological polar surface area (TPSA) is 40.5 Å². The summed E-state index contributed by atoms with van der Waals surface area (Å²) in [6.45, 7) is 3.10. The average molecular weight is 171 g/mol. The molecule has 0 saturated carbocycles. The molecule has 0 spiro atoms. The summed E-state index contributed by atoms with van der Waals surface area (Å²) in [5, 5.41) is 8.83. The summed E-state index contributed by atoms with van der Waals surface area (Å²) < 4.78 is 0. The predicted molar refractivity (Wildman–Crippen MR) is 47.1 cm³/mol. The first-order valence-corrected chi connectivity index (χ1v) is 4.58. The van der Waals surface area contributed by atoms with E-state index in [1.54, 1.807) is 0 Å². The summed E-state index contributed by atoms with van der Waals surface area (Å²) >= 11 is 0. The summed E-state index contributed by atoms with van der Waals surface area (Å²) in [7, 11) is 1.90. The lowest BCUT2D eigenvalue weighted by molar-refractivity contribution is -0.141. The van der Waals surface area contributed by atoms with E-state index in [0.717, 1.165) is 25.8 Å². The number of aliphatic carboxylic acids is 1. The number of rotatable bonds is 3. The maximum Gasteiger partial charge on any atom is 0.320 e. The Labute approximate surface area is 73.4 Å². The van der Waals surface area contributed by atoms with Crippen molar-refractivity contribution >= 4 is 5.97 Å². The van der Waals surface area contributed by atoms with Gasteiger partial charge in [-0.25, -0.2) is 0 Å². The SMILES string of the molecule is CCC[C@H]1C[C@H](C(=O)O)N(C)C1. The van der Waals surface area contributed by atoms with Gasteiger partial charge in [-0.1, -0.05) is 13.3 Å². The monoisotopic (exact) mass is 171 g/mol. The lowest BCUT2D eigenvalue weighted by Gasteiger charge is -2.13. The molecule has 1 heterocycles. The second-order valence-corrected chi connectivity index (χ2v) is 3.68. The maximum atomic E-state index is 10.7. The predicted octanol–water partition coefficient (Wildman–Crippen LogP) is 1.19. The van der Waals surface area contributed by atoms with E-state index in [2.05, 4.69) is 6.92 Å². The molecule has 70 valence electrons. The van der Waals surface area contributed by atoms with Gasteiger partial charge in [0.15, 0.2) is 0 Å². The molecule has 1 rings (SSSR count). The number of likely N-dealkylation sites (N-methyl/N-ethyl adjacent to an activating group) is 1. The summed E-state index contributed by atoms with van der Waals surface area (Å²) in [5.74, 6) is -0.0720. The third-order valence-corrected chi connectivity index (χ3v) is 2.62. The molecule has 3 heteroatoms. The highest BCUT2D eigenvalue weighted by Gasteiger charge is 2.33. The van der Waals surface area contributed by atoms with Crippen LogP contribution in [0.3, 0.4) is 0 Å². The molecule has 3 nitrogen and oxygen atoms in total. The van der Waals surface area contributed by atoms with Crippen molar-refractivity contribution in [3.05, 3.63) is 0 Å². The van der Waals surface area contributed by atoms with E-state index >= 15 is 0 Å². The zero-order valence-corrected chi connectivity index (χ0v) is 7.79. The van der Waals surface area contributed by atoms with Gasteiger partial charge in [0.05, 0.1) is 0 Å². The first-order valence-electron chi connectivity index (χ1n) is 4.58. The van der Waals surface area contributed by atoms with Crippen LogP contribution in [0.15, 0.2) is 0 Å². The quantitative estimate of drug-likeness (QED) is 0.693. The summed E-state index contributed by atoms with van der Waals surface area (Å²) in [6, 6.07) is -0.235. The van der Waals surface area contributed by atoms with Gasteiger partial charge in [-0.05, 0) is 25.8 Å². The summed E-state index contributed by atoms with van der Waals surface area (Å²) in [5.41, 5.74) is 0. The van der Waals surface area contributed by atoms with Crippen LogP contribution in [0, 0.1) is 5.92 Å². The van der Waals surface area contributed by atoms with E-state index in [0.29, 0.717) is 5.92 Å². The molecule has 1 aliphatic heterocycles. The first-order chi connectivity index (χ1) is 5.65. The van der Waals surface area contributed by atoms with Gasteiger partial charge in [-0.2, -0.15) is 0 Å². The number of carboxylic acids is 1. The van der Waals surface area contributed by atoms with Crippen LogP contribution in [-0.2, 0) is 4.79 Å². The molecule has 0 amide bonds. The van der Waals surface area contributed by atoms with Gasteiger partial charge in [0.25, 0.3) is 0 Å². The molecule has 0 aromatic rings. The Morgan fingerprint density at radius 2 is 2.33 bits per heavy atom. The van der Waals surface area contributed by atoms with Gasteiger partial charge in [-0.15, -0.1) is 0 Å². The van der Waals surface area contributed by atoms with Crippen molar-refractivity contribution in [1.29, 1.82) is 0 Å². The Morgan fingerprint density at radius 3 is 2.75 bits per heavy atom. The zero-order valence-electron chi connectivity index (χ0n) is 7.79. The minimum atomic E-state index is -0.670. The van der Waals surface area contributed by atoms with Crippen LogP contribution >= 0.6 is 0 Å². The first kappa shape index (κ1) is 9.52. The Morgan fingerprint density at radius 1 is 1.67 bits per heavy atom.